The number of aromatic hydroxyl groups is 1. The third-order valence-electron chi connectivity index (χ3n) is 3.23. The van der Waals surface area contributed by atoms with E-state index < -0.39 is 0 Å². The lowest BCUT2D eigenvalue weighted by Gasteiger charge is -1.89. The van der Waals surface area contributed by atoms with E-state index in [0.29, 0.717) is 5.92 Å². The summed E-state index contributed by atoms with van der Waals surface area (Å²) >= 11 is 1.62. The molecule has 1 saturated carbocycles. The van der Waals surface area contributed by atoms with Crippen LogP contribution in [0.3, 0.4) is 0 Å². The number of hydrogen-bond donors (Lipinski definition) is 1. The van der Waals surface area contributed by atoms with E-state index in [9.17, 15) is 5.11 Å². The molecule has 3 aromatic rings. The Kier molecular flexibility index (Phi) is 2.02. The Morgan fingerprint density at radius 3 is 3.00 bits per heavy atom. The molecule has 0 atom stereocenters. The van der Waals surface area contributed by atoms with Crippen LogP contribution in [0.15, 0.2) is 34.1 Å². The second-order valence-electron chi connectivity index (χ2n) is 4.68. The number of aromatic nitrogens is 1. The van der Waals surface area contributed by atoms with Gasteiger partial charge >= 0.3 is 0 Å². The third-order valence-corrected chi connectivity index (χ3v) is 4.10. The normalized spacial score (nSPS) is 15.3. The summed E-state index contributed by atoms with van der Waals surface area (Å²) in [6.45, 7) is 0. The van der Waals surface area contributed by atoms with Gasteiger partial charge in [0, 0.05) is 16.7 Å². The van der Waals surface area contributed by atoms with Crippen molar-refractivity contribution in [1.29, 1.82) is 0 Å². The van der Waals surface area contributed by atoms with Gasteiger partial charge in [0.2, 0.25) is 0 Å². The summed E-state index contributed by atoms with van der Waals surface area (Å²) in [5.41, 5.74) is 1.98. The van der Waals surface area contributed by atoms with Gasteiger partial charge in [0.1, 0.15) is 11.3 Å². The van der Waals surface area contributed by atoms with E-state index >= 15 is 0 Å². The van der Waals surface area contributed by atoms with Crippen molar-refractivity contribution >= 4 is 22.3 Å². The number of benzene rings is 1. The first-order chi connectivity index (χ1) is 8.79. The van der Waals surface area contributed by atoms with E-state index in [0.717, 1.165) is 21.7 Å². The molecule has 1 aliphatic carbocycles. The highest BCUT2D eigenvalue weighted by atomic mass is 32.1. The fourth-order valence-corrected chi connectivity index (χ4v) is 2.95. The molecular weight excluding hydrogens is 246 g/mol. The maximum atomic E-state index is 9.44. The molecule has 2 aromatic heterocycles. The van der Waals surface area contributed by atoms with Crippen molar-refractivity contribution in [3.05, 3.63) is 35.3 Å². The van der Waals surface area contributed by atoms with Gasteiger partial charge in [-0.1, -0.05) is 0 Å². The Hall–Kier alpha value is -1.81. The van der Waals surface area contributed by atoms with Crippen molar-refractivity contribution < 1.29 is 9.52 Å². The van der Waals surface area contributed by atoms with Crippen LogP contribution in [-0.2, 0) is 0 Å². The first kappa shape index (κ1) is 10.1. The number of fused-ring (bicyclic) bond motifs is 1. The van der Waals surface area contributed by atoms with Crippen LogP contribution in [0.25, 0.3) is 21.7 Å². The standard InChI is InChI=1S/C14H11NO2S/c16-10-3-4-12-9(5-10)6-13(17-12)14-15-11(7-18-14)8-1-2-8/h3-8,16H,1-2H2. The number of rotatable bonds is 2. The molecule has 0 spiro atoms. The van der Waals surface area contributed by atoms with Crippen LogP contribution in [0, 0.1) is 0 Å². The molecule has 0 radical (unpaired) electrons. The molecule has 2 heterocycles. The number of hydrogen-bond acceptors (Lipinski definition) is 4. The first-order valence-corrected chi connectivity index (χ1v) is 6.86. The Morgan fingerprint density at radius 1 is 1.28 bits per heavy atom. The average Bonchev–Trinajstić information content (AvgIpc) is 2.95. The highest BCUT2D eigenvalue weighted by molar-refractivity contribution is 7.13. The molecule has 18 heavy (non-hydrogen) atoms. The summed E-state index contributed by atoms with van der Waals surface area (Å²) in [5.74, 6) is 1.71. The first-order valence-electron chi connectivity index (χ1n) is 5.98. The van der Waals surface area contributed by atoms with Crippen LogP contribution in [0.4, 0.5) is 0 Å². The maximum absolute atomic E-state index is 9.44. The van der Waals surface area contributed by atoms with Gasteiger partial charge in [-0.2, -0.15) is 0 Å². The molecule has 0 unspecified atom stereocenters. The molecule has 0 amide bonds. The molecule has 3 nitrogen and oxygen atoms in total. The Balaban J connectivity index is 1.80. The lowest BCUT2D eigenvalue weighted by molar-refractivity contribution is 0.476. The molecule has 4 heteroatoms. The largest absolute Gasteiger partial charge is 0.508 e. The molecular formula is C14H11NO2S. The molecule has 0 saturated heterocycles. The summed E-state index contributed by atoms with van der Waals surface area (Å²) in [6.07, 6.45) is 2.52. The Bertz CT molecular complexity index is 724. The van der Waals surface area contributed by atoms with Gasteiger partial charge in [0.15, 0.2) is 10.8 Å². The fraction of sp³-hybridized carbons (Fsp3) is 0.214. The van der Waals surface area contributed by atoms with E-state index in [2.05, 4.69) is 10.4 Å². The molecule has 90 valence electrons. The van der Waals surface area contributed by atoms with E-state index in [1.807, 2.05) is 6.07 Å². The highest BCUT2D eigenvalue weighted by Gasteiger charge is 2.26. The Morgan fingerprint density at radius 2 is 2.17 bits per heavy atom. The highest BCUT2D eigenvalue weighted by Crippen LogP contribution is 2.42. The Labute approximate surface area is 108 Å². The fourth-order valence-electron chi connectivity index (χ4n) is 2.10. The van der Waals surface area contributed by atoms with Crippen LogP contribution in [0.5, 0.6) is 5.75 Å². The molecule has 4 rings (SSSR count). The van der Waals surface area contributed by atoms with Crippen LogP contribution >= 0.6 is 11.3 Å². The van der Waals surface area contributed by atoms with Gasteiger partial charge in [-0.15, -0.1) is 11.3 Å². The maximum Gasteiger partial charge on any atom is 0.164 e. The van der Waals surface area contributed by atoms with Gasteiger partial charge in [0.05, 0.1) is 5.69 Å². The minimum atomic E-state index is 0.257. The van der Waals surface area contributed by atoms with E-state index in [-0.39, 0.29) is 5.75 Å². The van der Waals surface area contributed by atoms with Crippen LogP contribution in [0.2, 0.25) is 0 Å². The van der Waals surface area contributed by atoms with Crippen LogP contribution in [0.1, 0.15) is 24.5 Å². The molecule has 1 aromatic carbocycles. The van der Waals surface area contributed by atoms with Crippen molar-refractivity contribution in [3.63, 3.8) is 0 Å². The summed E-state index contributed by atoms with van der Waals surface area (Å²) in [7, 11) is 0. The van der Waals surface area contributed by atoms with Gasteiger partial charge in [-0.25, -0.2) is 4.98 Å². The van der Waals surface area contributed by atoms with Crippen molar-refractivity contribution in [2.45, 2.75) is 18.8 Å². The third kappa shape index (κ3) is 1.61. The summed E-state index contributed by atoms with van der Waals surface area (Å²) in [4.78, 5) is 4.62. The topological polar surface area (TPSA) is 46.3 Å². The van der Waals surface area contributed by atoms with Crippen molar-refractivity contribution in [2.75, 3.05) is 0 Å². The number of phenols is 1. The number of furan rings is 1. The lowest BCUT2D eigenvalue weighted by atomic mass is 10.2. The summed E-state index contributed by atoms with van der Waals surface area (Å²) in [5, 5.41) is 13.4. The van der Waals surface area contributed by atoms with Crippen molar-refractivity contribution in [3.8, 4) is 16.5 Å². The van der Waals surface area contributed by atoms with Gasteiger partial charge in [-0.05, 0) is 37.1 Å². The molecule has 1 aliphatic rings. The van der Waals surface area contributed by atoms with Gasteiger partial charge in [-0.3, -0.25) is 0 Å². The molecule has 0 aliphatic heterocycles. The summed E-state index contributed by atoms with van der Waals surface area (Å²) < 4.78 is 5.76. The molecule has 0 bridgehead atoms. The number of phenolic OH excluding ortho intramolecular Hbond substituents is 1. The zero-order valence-electron chi connectivity index (χ0n) is 9.59. The second kappa shape index (κ2) is 3.59. The monoisotopic (exact) mass is 257 g/mol. The van der Waals surface area contributed by atoms with Gasteiger partial charge in [0.25, 0.3) is 0 Å². The van der Waals surface area contributed by atoms with Gasteiger partial charge < -0.3 is 9.52 Å². The quantitative estimate of drug-likeness (QED) is 0.750. The predicted molar refractivity (Wildman–Crippen MR) is 71.0 cm³/mol. The van der Waals surface area contributed by atoms with E-state index in [4.69, 9.17) is 4.42 Å². The zero-order valence-corrected chi connectivity index (χ0v) is 10.4. The van der Waals surface area contributed by atoms with E-state index in [1.54, 1.807) is 29.5 Å². The predicted octanol–water partition coefficient (Wildman–Crippen LogP) is 4.14. The average molecular weight is 257 g/mol. The minimum Gasteiger partial charge on any atom is -0.508 e. The summed E-state index contributed by atoms with van der Waals surface area (Å²) in [6, 6.07) is 7.05. The molecule has 1 fully saturated rings. The minimum absolute atomic E-state index is 0.257. The number of thiazole rings is 1. The van der Waals surface area contributed by atoms with Crippen molar-refractivity contribution in [1.82, 2.24) is 4.98 Å². The number of nitrogens with zero attached hydrogens (tertiary/aromatic N) is 1. The second-order valence-corrected chi connectivity index (χ2v) is 5.54. The lowest BCUT2D eigenvalue weighted by Crippen LogP contribution is -1.78. The van der Waals surface area contributed by atoms with Crippen LogP contribution in [-0.4, -0.2) is 10.1 Å². The molecule has 1 N–H and O–H groups in total. The smallest absolute Gasteiger partial charge is 0.164 e. The van der Waals surface area contributed by atoms with Crippen molar-refractivity contribution in [2.24, 2.45) is 0 Å². The SMILES string of the molecule is Oc1ccc2oc(-c3nc(C4CC4)cs3)cc2c1. The van der Waals surface area contributed by atoms with Crippen LogP contribution < -0.4 is 0 Å². The van der Waals surface area contributed by atoms with E-state index in [1.165, 1.54) is 18.5 Å². The zero-order chi connectivity index (χ0) is 12.1.